The Morgan fingerprint density at radius 3 is 2.60 bits per heavy atom. The highest BCUT2D eigenvalue weighted by molar-refractivity contribution is 9.10. The van der Waals surface area contributed by atoms with Gasteiger partial charge in [-0.1, -0.05) is 56.1 Å². The van der Waals surface area contributed by atoms with Gasteiger partial charge in [0.1, 0.15) is 5.82 Å². The van der Waals surface area contributed by atoms with Crippen molar-refractivity contribution in [2.75, 3.05) is 0 Å². The molecule has 0 saturated heterocycles. The summed E-state index contributed by atoms with van der Waals surface area (Å²) in [6.45, 7) is 0.411. The van der Waals surface area contributed by atoms with Gasteiger partial charge in [0, 0.05) is 21.9 Å². The van der Waals surface area contributed by atoms with Gasteiger partial charge in [-0.15, -0.1) is 0 Å². The Morgan fingerprint density at radius 1 is 1.15 bits per heavy atom. The number of nitrogens with one attached hydrogen (secondary N) is 1. The fraction of sp³-hybridized carbons (Fsp3) is 0.133. The number of amides is 1. The van der Waals surface area contributed by atoms with Crippen molar-refractivity contribution < 1.29 is 9.18 Å². The summed E-state index contributed by atoms with van der Waals surface area (Å²) in [5.41, 5.74) is 2.45. The van der Waals surface area contributed by atoms with Crippen LogP contribution in [0.5, 0.6) is 0 Å². The van der Waals surface area contributed by atoms with Crippen molar-refractivity contribution in [1.29, 1.82) is 0 Å². The van der Waals surface area contributed by atoms with Gasteiger partial charge in [-0.2, -0.15) is 0 Å². The molecule has 5 heteroatoms. The van der Waals surface area contributed by atoms with Crippen molar-refractivity contribution in [3.63, 3.8) is 0 Å². The molecule has 0 heterocycles. The van der Waals surface area contributed by atoms with E-state index in [1.54, 1.807) is 6.07 Å². The predicted molar refractivity (Wildman–Crippen MR) is 84.3 cm³/mol. The molecule has 2 nitrogen and oxygen atoms in total. The van der Waals surface area contributed by atoms with Crippen LogP contribution in [0.25, 0.3) is 0 Å². The maximum Gasteiger partial charge on any atom is 0.251 e. The molecule has 0 atom stereocenters. The maximum absolute atomic E-state index is 13.2. The molecule has 0 spiro atoms. The van der Waals surface area contributed by atoms with Gasteiger partial charge in [0.2, 0.25) is 0 Å². The van der Waals surface area contributed by atoms with Crippen LogP contribution in [-0.2, 0) is 11.9 Å². The topological polar surface area (TPSA) is 29.1 Å². The molecule has 0 aliphatic carbocycles. The minimum absolute atomic E-state index is 0.297. The molecule has 0 unspecified atom stereocenters. The molecule has 20 heavy (non-hydrogen) atoms. The summed E-state index contributed by atoms with van der Waals surface area (Å²) in [4.78, 5) is 12.0. The summed E-state index contributed by atoms with van der Waals surface area (Å²) in [5, 5.41) is 3.55. The molecule has 0 fully saturated rings. The number of hydrogen-bond donors (Lipinski definition) is 1. The van der Waals surface area contributed by atoms with Crippen LogP contribution in [0, 0.1) is 5.82 Å². The molecule has 0 bridgehead atoms. The predicted octanol–water partition coefficient (Wildman–Crippen LogP) is 4.41. The third-order valence-electron chi connectivity index (χ3n) is 2.72. The van der Waals surface area contributed by atoms with Gasteiger partial charge in [-0.3, -0.25) is 4.79 Å². The van der Waals surface area contributed by atoms with Gasteiger partial charge in [-0.05, 0) is 29.3 Å². The number of hydrogen-bond acceptors (Lipinski definition) is 1. The zero-order chi connectivity index (χ0) is 14.5. The van der Waals surface area contributed by atoms with E-state index in [9.17, 15) is 9.18 Å². The third-order valence-corrected chi connectivity index (χ3v) is 3.83. The van der Waals surface area contributed by atoms with Gasteiger partial charge in [0.15, 0.2) is 0 Å². The van der Waals surface area contributed by atoms with E-state index in [0.29, 0.717) is 16.6 Å². The zero-order valence-corrected chi connectivity index (χ0v) is 13.7. The fourth-order valence-corrected chi connectivity index (χ4v) is 2.61. The van der Waals surface area contributed by atoms with E-state index >= 15 is 0 Å². The van der Waals surface area contributed by atoms with Gasteiger partial charge in [0.25, 0.3) is 5.91 Å². The highest BCUT2D eigenvalue weighted by atomic mass is 79.9. The van der Waals surface area contributed by atoms with E-state index in [4.69, 9.17) is 0 Å². The summed E-state index contributed by atoms with van der Waals surface area (Å²) in [5.74, 6) is -0.736. The standard InChI is InChI=1S/C15H12Br2FNO/c16-8-10-2-1-3-11(4-10)9-19-15(20)12-5-13(17)7-14(18)6-12/h1-7H,8-9H2,(H,19,20). The molecular formula is C15H12Br2FNO. The van der Waals surface area contributed by atoms with E-state index in [2.05, 4.69) is 37.2 Å². The Kier molecular flexibility index (Phi) is 5.31. The first-order chi connectivity index (χ1) is 9.58. The van der Waals surface area contributed by atoms with Crippen LogP contribution in [0.1, 0.15) is 21.5 Å². The first-order valence-corrected chi connectivity index (χ1v) is 7.88. The van der Waals surface area contributed by atoms with Gasteiger partial charge < -0.3 is 5.32 Å². The van der Waals surface area contributed by atoms with Crippen molar-refractivity contribution in [2.45, 2.75) is 11.9 Å². The van der Waals surface area contributed by atoms with Crippen molar-refractivity contribution in [3.8, 4) is 0 Å². The molecular weight excluding hydrogens is 389 g/mol. The lowest BCUT2D eigenvalue weighted by molar-refractivity contribution is 0.0950. The fourth-order valence-electron chi connectivity index (χ4n) is 1.79. The molecule has 0 aromatic heterocycles. The van der Waals surface area contributed by atoms with Crippen molar-refractivity contribution >= 4 is 37.8 Å². The van der Waals surface area contributed by atoms with Crippen LogP contribution in [-0.4, -0.2) is 5.91 Å². The lowest BCUT2D eigenvalue weighted by Gasteiger charge is -2.07. The highest BCUT2D eigenvalue weighted by Crippen LogP contribution is 2.15. The van der Waals surface area contributed by atoms with Gasteiger partial charge >= 0.3 is 0 Å². The molecule has 1 amide bonds. The Hall–Kier alpha value is -1.20. The lowest BCUT2D eigenvalue weighted by Crippen LogP contribution is -2.23. The second-order valence-electron chi connectivity index (χ2n) is 4.29. The average molecular weight is 401 g/mol. The normalized spacial score (nSPS) is 10.3. The largest absolute Gasteiger partial charge is 0.348 e. The zero-order valence-electron chi connectivity index (χ0n) is 10.5. The minimum Gasteiger partial charge on any atom is -0.348 e. The minimum atomic E-state index is -0.439. The third kappa shape index (κ3) is 4.15. The van der Waals surface area contributed by atoms with Crippen LogP contribution < -0.4 is 5.32 Å². The number of carbonyl (C=O) groups excluding carboxylic acids is 1. The quantitative estimate of drug-likeness (QED) is 0.756. The molecule has 0 aliphatic heterocycles. The number of halogens is 3. The Balaban J connectivity index is 2.04. The summed E-state index contributed by atoms with van der Waals surface area (Å²) in [6.07, 6.45) is 0. The van der Waals surface area contributed by atoms with Crippen LogP contribution in [0.4, 0.5) is 4.39 Å². The van der Waals surface area contributed by atoms with Crippen LogP contribution >= 0.6 is 31.9 Å². The lowest BCUT2D eigenvalue weighted by atomic mass is 10.1. The van der Waals surface area contributed by atoms with Crippen molar-refractivity contribution in [2.24, 2.45) is 0 Å². The Bertz CT molecular complexity index is 611. The summed E-state index contributed by atoms with van der Waals surface area (Å²) in [6, 6.07) is 12.0. The maximum atomic E-state index is 13.2. The average Bonchev–Trinajstić information content (AvgIpc) is 2.44. The van der Waals surface area contributed by atoms with Crippen LogP contribution in [0.15, 0.2) is 46.9 Å². The Labute approximate surface area is 133 Å². The number of carbonyl (C=O) groups is 1. The van der Waals surface area contributed by atoms with Gasteiger partial charge in [0.05, 0.1) is 0 Å². The van der Waals surface area contributed by atoms with E-state index < -0.39 is 5.82 Å². The second kappa shape index (κ2) is 6.99. The molecule has 0 saturated carbocycles. The summed E-state index contributed by atoms with van der Waals surface area (Å²) < 4.78 is 13.8. The first kappa shape index (κ1) is 15.2. The molecule has 1 N–H and O–H groups in total. The molecule has 0 radical (unpaired) electrons. The van der Waals surface area contributed by atoms with E-state index in [-0.39, 0.29) is 5.91 Å². The highest BCUT2D eigenvalue weighted by Gasteiger charge is 2.08. The monoisotopic (exact) mass is 399 g/mol. The number of benzene rings is 2. The number of rotatable bonds is 4. The molecule has 2 rings (SSSR count). The van der Waals surface area contributed by atoms with Crippen LogP contribution in [0.3, 0.4) is 0 Å². The van der Waals surface area contributed by atoms with Crippen molar-refractivity contribution in [3.05, 3.63) is 69.4 Å². The van der Waals surface area contributed by atoms with E-state index in [0.717, 1.165) is 16.5 Å². The first-order valence-electron chi connectivity index (χ1n) is 5.96. The van der Waals surface area contributed by atoms with Crippen LogP contribution in [0.2, 0.25) is 0 Å². The number of alkyl halides is 1. The summed E-state index contributed by atoms with van der Waals surface area (Å²) in [7, 11) is 0. The van der Waals surface area contributed by atoms with E-state index in [1.165, 1.54) is 12.1 Å². The van der Waals surface area contributed by atoms with Crippen molar-refractivity contribution in [1.82, 2.24) is 5.32 Å². The smallest absolute Gasteiger partial charge is 0.251 e. The second-order valence-corrected chi connectivity index (χ2v) is 5.77. The van der Waals surface area contributed by atoms with Gasteiger partial charge in [-0.25, -0.2) is 4.39 Å². The molecule has 104 valence electrons. The Morgan fingerprint density at radius 2 is 1.90 bits per heavy atom. The SMILES string of the molecule is O=C(NCc1cccc(CBr)c1)c1cc(F)cc(Br)c1. The molecule has 2 aromatic carbocycles. The summed E-state index contributed by atoms with van der Waals surface area (Å²) >= 11 is 6.56. The van der Waals surface area contributed by atoms with E-state index in [1.807, 2.05) is 24.3 Å². The molecule has 2 aromatic rings. The molecule has 0 aliphatic rings.